The molecule has 0 unspecified atom stereocenters. The molecule has 5 rings (SSSR count). The summed E-state index contributed by atoms with van der Waals surface area (Å²) in [4.78, 5) is 11.1. The van der Waals surface area contributed by atoms with Gasteiger partial charge in [-0.3, -0.25) is 0 Å². The zero-order chi connectivity index (χ0) is 23.7. The Bertz CT molecular complexity index is 1570. The maximum absolute atomic E-state index is 11.1. The summed E-state index contributed by atoms with van der Waals surface area (Å²) in [5, 5.41) is 18.3. The van der Waals surface area contributed by atoms with Crippen molar-refractivity contribution in [1.29, 1.82) is 5.53 Å². The second-order valence-electron chi connectivity index (χ2n) is 7.98. The standard InChI is InChI=1S/C27H21N5O2/c28-30-26(31-29)21-13-14-25-23(15-21)22-3-1-2-4-24(22)32(25)16-17-5-7-18(8-6-17)19-9-11-20(12-10-19)27(33)34/h1-15,28H,16,29H2,(H,33,34)/b30-28?,31-26-. The number of benzene rings is 4. The molecule has 0 radical (unpaired) electrons. The molecular formula is C27H21N5O2. The van der Waals surface area contributed by atoms with E-state index in [0.29, 0.717) is 12.1 Å². The van der Waals surface area contributed by atoms with Gasteiger partial charge in [0.05, 0.1) is 5.56 Å². The molecule has 1 aromatic heterocycles. The maximum atomic E-state index is 11.1. The lowest BCUT2D eigenvalue weighted by Crippen LogP contribution is -2.01. The van der Waals surface area contributed by atoms with E-state index in [1.165, 1.54) is 0 Å². The largest absolute Gasteiger partial charge is 0.478 e. The average molecular weight is 447 g/mol. The Balaban J connectivity index is 1.52. The smallest absolute Gasteiger partial charge is 0.335 e. The van der Waals surface area contributed by atoms with Crippen LogP contribution in [0.2, 0.25) is 0 Å². The number of fused-ring (bicyclic) bond motifs is 3. The third-order valence-corrected chi connectivity index (χ3v) is 6.02. The van der Waals surface area contributed by atoms with Crippen LogP contribution in [0.1, 0.15) is 21.5 Å². The van der Waals surface area contributed by atoms with Gasteiger partial charge in [-0.15, -0.1) is 5.11 Å². The van der Waals surface area contributed by atoms with Crippen LogP contribution >= 0.6 is 0 Å². The summed E-state index contributed by atoms with van der Waals surface area (Å²) in [7, 11) is 0. The summed E-state index contributed by atoms with van der Waals surface area (Å²) in [5.41, 5.74) is 13.6. The first-order chi connectivity index (χ1) is 16.6. The predicted octanol–water partition coefficient (Wildman–Crippen LogP) is 5.86. The van der Waals surface area contributed by atoms with Crippen molar-refractivity contribution in [3.8, 4) is 11.1 Å². The SMILES string of the molecule is N=N/C(=N\N)c1ccc2c(c1)c1ccccc1n2Cc1ccc(-c2ccc(C(=O)O)cc2)cc1. The molecule has 166 valence electrons. The number of carboxylic acid groups (broad SMARTS) is 1. The second kappa shape index (κ2) is 8.63. The number of hydrogen-bond donors (Lipinski definition) is 3. The molecule has 0 bridgehead atoms. The molecule has 0 fully saturated rings. The minimum Gasteiger partial charge on any atom is -0.478 e. The first-order valence-corrected chi connectivity index (χ1v) is 10.7. The van der Waals surface area contributed by atoms with E-state index in [-0.39, 0.29) is 11.4 Å². The highest BCUT2D eigenvalue weighted by atomic mass is 16.4. The van der Waals surface area contributed by atoms with Crippen molar-refractivity contribution in [3.05, 3.63) is 108 Å². The lowest BCUT2D eigenvalue weighted by molar-refractivity contribution is 0.0697. The number of para-hydroxylation sites is 1. The molecule has 0 saturated carbocycles. The molecule has 0 amide bonds. The molecule has 0 aliphatic rings. The number of nitrogens with one attached hydrogen (secondary N) is 1. The van der Waals surface area contributed by atoms with Crippen LogP contribution in [0.5, 0.6) is 0 Å². The van der Waals surface area contributed by atoms with Crippen molar-refractivity contribution in [2.24, 2.45) is 16.1 Å². The van der Waals surface area contributed by atoms with E-state index < -0.39 is 5.97 Å². The van der Waals surface area contributed by atoms with Gasteiger partial charge in [0, 0.05) is 33.9 Å². The van der Waals surface area contributed by atoms with Gasteiger partial charge in [-0.2, -0.15) is 5.10 Å². The van der Waals surface area contributed by atoms with Gasteiger partial charge in [-0.1, -0.05) is 54.6 Å². The molecule has 7 nitrogen and oxygen atoms in total. The van der Waals surface area contributed by atoms with Crippen molar-refractivity contribution < 1.29 is 9.90 Å². The van der Waals surface area contributed by atoms with Gasteiger partial charge in [0.25, 0.3) is 0 Å². The first kappa shape index (κ1) is 21.1. The Hall–Kier alpha value is -4.78. The van der Waals surface area contributed by atoms with Crippen molar-refractivity contribution >= 4 is 33.6 Å². The fraction of sp³-hybridized carbons (Fsp3) is 0.0370. The fourth-order valence-electron chi connectivity index (χ4n) is 4.32. The number of hydrazone groups is 1. The topological polar surface area (TPSA) is 117 Å². The molecule has 4 aromatic carbocycles. The molecule has 7 heteroatoms. The van der Waals surface area contributed by atoms with Crippen molar-refractivity contribution in [3.63, 3.8) is 0 Å². The Kier molecular flexibility index (Phi) is 5.35. The summed E-state index contributed by atoms with van der Waals surface area (Å²) in [6.45, 7) is 0.683. The summed E-state index contributed by atoms with van der Waals surface area (Å²) in [5.74, 6) is 4.65. The molecule has 0 aliphatic heterocycles. The average Bonchev–Trinajstić information content (AvgIpc) is 3.18. The van der Waals surface area contributed by atoms with Crippen LogP contribution in [-0.2, 0) is 6.54 Å². The molecule has 34 heavy (non-hydrogen) atoms. The molecular weight excluding hydrogens is 426 g/mol. The number of aromatic carboxylic acids is 1. The normalized spacial score (nSPS) is 11.7. The van der Waals surface area contributed by atoms with Gasteiger partial charge in [-0.05, 0) is 53.1 Å². The van der Waals surface area contributed by atoms with E-state index in [1.54, 1.807) is 12.1 Å². The van der Waals surface area contributed by atoms with E-state index in [1.807, 2.05) is 42.5 Å². The summed E-state index contributed by atoms with van der Waals surface area (Å²) >= 11 is 0. The van der Waals surface area contributed by atoms with E-state index >= 15 is 0 Å². The van der Waals surface area contributed by atoms with Gasteiger partial charge < -0.3 is 15.5 Å². The molecule has 0 atom stereocenters. The molecule has 5 aromatic rings. The first-order valence-electron chi connectivity index (χ1n) is 10.7. The molecule has 0 spiro atoms. The summed E-state index contributed by atoms with van der Waals surface area (Å²) in [6, 6.07) is 29.3. The third kappa shape index (κ3) is 3.69. The van der Waals surface area contributed by atoms with E-state index in [9.17, 15) is 4.79 Å². The number of rotatable bonds is 5. The number of nitrogens with two attached hydrogens (primary N) is 1. The Morgan fingerprint density at radius 2 is 1.44 bits per heavy atom. The van der Waals surface area contributed by atoms with Crippen molar-refractivity contribution in [1.82, 2.24) is 4.57 Å². The fourth-order valence-corrected chi connectivity index (χ4v) is 4.32. The van der Waals surface area contributed by atoms with Crippen LogP contribution in [-0.4, -0.2) is 21.5 Å². The highest BCUT2D eigenvalue weighted by molar-refractivity contribution is 6.11. The van der Waals surface area contributed by atoms with E-state index in [4.69, 9.17) is 16.5 Å². The number of carboxylic acids is 1. The quantitative estimate of drug-likeness (QED) is 0.103. The number of amidine groups is 1. The zero-order valence-electron chi connectivity index (χ0n) is 18.1. The minimum absolute atomic E-state index is 0.186. The monoisotopic (exact) mass is 447 g/mol. The summed E-state index contributed by atoms with van der Waals surface area (Å²) < 4.78 is 2.27. The van der Waals surface area contributed by atoms with Gasteiger partial charge in [-0.25, -0.2) is 10.3 Å². The van der Waals surface area contributed by atoms with E-state index in [0.717, 1.165) is 38.5 Å². The van der Waals surface area contributed by atoms with Crippen LogP contribution in [0, 0.1) is 5.53 Å². The van der Waals surface area contributed by atoms with Gasteiger partial charge in [0.2, 0.25) is 0 Å². The third-order valence-electron chi connectivity index (χ3n) is 6.02. The Labute approximate surface area is 195 Å². The van der Waals surface area contributed by atoms with E-state index in [2.05, 4.69) is 51.2 Å². The predicted molar refractivity (Wildman–Crippen MR) is 133 cm³/mol. The number of carbonyl (C=O) groups is 1. The van der Waals surface area contributed by atoms with Crippen LogP contribution in [0.4, 0.5) is 0 Å². The number of nitrogens with zero attached hydrogens (tertiary/aromatic N) is 3. The Morgan fingerprint density at radius 3 is 2.09 bits per heavy atom. The van der Waals surface area contributed by atoms with Gasteiger partial charge >= 0.3 is 5.97 Å². The highest BCUT2D eigenvalue weighted by Gasteiger charge is 2.13. The number of aromatic nitrogens is 1. The molecule has 0 aliphatic carbocycles. The Morgan fingerprint density at radius 1 is 0.824 bits per heavy atom. The number of hydrogen-bond acceptors (Lipinski definition) is 4. The van der Waals surface area contributed by atoms with Crippen molar-refractivity contribution in [2.75, 3.05) is 0 Å². The van der Waals surface area contributed by atoms with Gasteiger partial charge in [0.1, 0.15) is 0 Å². The van der Waals surface area contributed by atoms with Crippen LogP contribution in [0.15, 0.2) is 101 Å². The lowest BCUT2D eigenvalue weighted by Gasteiger charge is -2.10. The maximum Gasteiger partial charge on any atom is 0.335 e. The second-order valence-corrected chi connectivity index (χ2v) is 7.98. The summed E-state index contributed by atoms with van der Waals surface area (Å²) in [6.07, 6.45) is 0. The van der Waals surface area contributed by atoms with Crippen LogP contribution < -0.4 is 5.84 Å². The highest BCUT2D eigenvalue weighted by Crippen LogP contribution is 2.31. The molecule has 1 heterocycles. The minimum atomic E-state index is -0.930. The van der Waals surface area contributed by atoms with Crippen molar-refractivity contribution in [2.45, 2.75) is 6.54 Å². The zero-order valence-corrected chi connectivity index (χ0v) is 18.1. The van der Waals surface area contributed by atoms with Crippen LogP contribution in [0.25, 0.3) is 32.9 Å². The molecule has 4 N–H and O–H groups in total. The molecule has 0 saturated heterocycles. The van der Waals surface area contributed by atoms with Gasteiger partial charge in [0.15, 0.2) is 5.84 Å². The lowest BCUT2D eigenvalue weighted by atomic mass is 10.0. The van der Waals surface area contributed by atoms with Crippen LogP contribution in [0.3, 0.4) is 0 Å².